The summed E-state index contributed by atoms with van der Waals surface area (Å²) in [5.41, 5.74) is 3.86. The van der Waals surface area contributed by atoms with Gasteiger partial charge in [-0.1, -0.05) is 35.0 Å². The van der Waals surface area contributed by atoms with E-state index in [-0.39, 0.29) is 11.6 Å². The maximum Gasteiger partial charge on any atom is 0.277 e. The number of aryl methyl sites for hydroxylation is 2. The monoisotopic (exact) mass is 322 g/mol. The van der Waals surface area contributed by atoms with E-state index in [1.165, 1.54) is 0 Å². The average molecular weight is 322 g/mol. The van der Waals surface area contributed by atoms with E-state index in [4.69, 9.17) is 9.26 Å². The predicted molar refractivity (Wildman–Crippen MR) is 92.4 cm³/mol. The second-order valence-corrected chi connectivity index (χ2v) is 5.55. The van der Waals surface area contributed by atoms with Gasteiger partial charge in [-0.15, -0.1) is 0 Å². The van der Waals surface area contributed by atoms with Crippen molar-refractivity contribution < 1.29 is 14.1 Å². The molecule has 1 heterocycles. The lowest BCUT2D eigenvalue weighted by Gasteiger charge is -2.07. The SMILES string of the molecule is COc1ccccc1-c1cc(C(=O)Nc2ccc(C)cc2C)no1. The van der Waals surface area contributed by atoms with E-state index >= 15 is 0 Å². The van der Waals surface area contributed by atoms with E-state index in [0.717, 1.165) is 22.4 Å². The van der Waals surface area contributed by atoms with Crippen LogP contribution < -0.4 is 10.1 Å². The van der Waals surface area contributed by atoms with E-state index in [2.05, 4.69) is 10.5 Å². The normalized spacial score (nSPS) is 10.5. The number of hydrogen-bond acceptors (Lipinski definition) is 4. The Bertz CT molecular complexity index is 884. The molecule has 0 atom stereocenters. The molecule has 0 bridgehead atoms. The standard InChI is InChI=1S/C19H18N2O3/c1-12-8-9-15(13(2)10-12)20-19(22)16-11-18(24-21-16)14-6-4-5-7-17(14)23-3/h4-11H,1-3H3,(H,20,22). The van der Waals surface area contributed by atoms with Gasteiger partial charge in [0.05, 0.1) is 12.7 Å². The van der Waals surface area contributed by atoms with Gasteiger partial charge in [0, 0.05) is 11.8 Å². The second kappa shape index (κ2) is 6.58. The molecule has 0 saturated heterocycles. The zero-order chi connectivity index (χ0) is 17.1. The van der Waals surface area contributed by atoms with E-state index < -0.39 is 0 Å². The van der Waals surface area contributed by atoms with Gasteiger partial charge >= 0.3 is 0 Å². The minimum atomic E-state index is -0.313. The van der Waals surface area contributed by atoms with E-state index in [1.54, 1.807) is 13.2 Å². The van der Waals surface area contributed by atoms with Gasteiger partial charge < -0.3 is 14.6 Å². The molecule has 3 rings (SSSR count). The Morgan fingerprint density at radius 1 is 1.12 bits per heavy atom. The Kier molecular flexibility index (Phi) is 4.33. The highest BCUT2D eigenvalue weighted by atomic mass is 16.5. The minimum Gasteiger partial charge on any atom is -0.496 e. The molecule has 1 amide bonds. The van der Waals surface area contributed by atoms with Crippen LogP contribution in [-0.4, -0.2) is 18.2 Å². The van der Waals surface area contributed by atoms with Gasteiger partial charge in [-0.05, 0) is 37.6 Å². The van der Waals surface area contributed by atoms with E-state index in [1.807, 2.05) is 56.3 Å². The first-order valence-corrected chi connectivity index (χ1v) is 7.57. The number of nitrogens with zero attached hydrogens (tertiary/aromatic N) is 1. The summed E-state index contributed by atoms with van der Waals surface area (Å²) in [6.07, 6.45) is 0. The Labute approximate surface area is 140 Å². The van der Waals surface area contributed by atoms with Crippen molar-refractivity contribution in [3.05, 3.63) is 65.4 Å². The van der Waals surface area contributed by atoms with Crippen LogP contribution in [0.2, 0.25) is 0 Å². The molecule has 0 spiro atoms. The molecule has 0 radical (unpaired) electrons. The summed E-state index contributed by atoms with van der Waals surface area (Å²) < 4.78 is 10.6. The van der Waals surface area contributed by atoms with Gasteiger partial charge in [0.2, 0.25) is 0 Å². The first kappa shape index (κ1) is 15.8. The van der Waals surface area contributed by atoms with E-state index in [0.29, 0.717) is 11.5 Å². The van der Waals surface area contributed by atoms with E-state index in [9.17, 15) is 4.79 Å². The fourth-order valence-electron chi connectivity index (χ4n) is 2.50. The average Bonchev–Trinajstić information content (AvgIpc) is 3.07. The molecule has 1 aromatic heterocycles. The molecule has 3 aromatic rings. The molecular formula is C19H18N2O3. The largest absolute Gasteiger partial charge is 0.496 e. The summed E-state index contributed by atoms with van der Waals surface area (Å²) in [7, 11) is 1.59. The highest BCUT2D eigenvalue weighted by molar-refractivity contribution is 6.03. The molecule has 1 N–H and O–H groups in total. The molecule has 0 fully saturated rings. The first-order valence-electron chi connectivity index (χ1n) is 7.57. The summed E-state index contributed by atoms with van der Waals surface area (Å²) in [5, 5.41) is 6.72. The number of nitrogens with one attached hydrogen (secondary N) is 1. The van der Waals surface area contributed by atoms with Crippen LogP contribution in [0.3, 0.4) is 0 Å². The topological polar surface area (TPSA) is 64.4 Å². The number of anilines is 1. The fourth-order valence-corrected chi connectivity index (χ4v) is 2.50. The van der Waals surface area contributed by atoms with Crippen LogP contribution in [-0.2, 0) is 0 Å². The maximum absolute atomic E-state index is 12.4. The van der Waals surface area contributed by atoms with Gasteiger partial charge in [0.25, 0.3) is 5.91 Å². The molecule has 0 aliphatic carbocycles. The lowest BCUT2D eigenvalue weighted by atomic mass is 10.1. The van der Waals surface area contributed by atoms with Crippen LogP contribution in [0, 0.1) is 13.8 Å². The molecule has 2 aromatic carbocycles. The van der Waals surface area contributed by atoms with Gasteiger partial charge in [-0.3, -0.25) is 4.79 Å². The molecular weight excluding hydrogens is 304 g/mol. The number of para-hydroxylation sites is 1. The maximum atomic E-state index is 12.4. The number of methoxy groups -OCH3 is 1. The second-order valence-electron chi connectivity index (χ2n) is 5.55. The molecule has 0 aliphatic heterocycles. The summed E-state index contributed by atoms with van der Waals surface area (Å²) in [6.45, 7) is 3.96. The van der Waals surface area contributed by atoms with Crippen LogP contribution >= 0.6 is 0 Å². The number of aromatic nitrogens is 1. The van der Waals surface area contributed by atoms with Crippen LogP contribution in [0.5, 0.6) is 5.75 Å². The molecule has 0 saturated carbocycles. The van der Waals surface area contributed by atoms with Crippen molar-refractivity contribution in [2.45, 2.75) is 13.8 Å². The van der Waals surface area contributed by atoms with Crippen molar-refractivity contribution >= 4 is 11.6 Å². The fraction of sp³-hybridized carbons (Fsp3) is 0.158. The Morgan fingerprint density at radius 2 is 1.92 bits per heavy atom. The van der Waals surface area contributed by atoms with Gasteiger partial charge in [-0.25, -0.2) is 0 Å². The molecule has 5 heteroatoms. The van der Waals surface area contributed by atoms with Crippen LogP contribution in [0.1, 0.15) is 21.6 Å². The number of carbonyl (C=O) groups excluding carboxylic acids is 1. The number of benzene rings is 2. The molecule has 0 unspecified atom stereocenters. The third-order valence-corrected chi connectivity index (χ3v) is 3.75. The van der Waals surface area contributed by atoms with Crippen LogP contribution in [0.4, 0.5) is 5.69 Å². The summed E-state index contributed by atoms with van der Waals surface area (Å²) in [6, 6.07) is 14.9. The Balaban J connectivity index is 1.83. The zero-order valence-electron chi connectivity index (χ0n) is 13.8. The number of carbonyl (C=O) groups is 1. The van der Waals surface area contributed by atoms with Gasteiger partial charge in [-0.2, -0.15) is 0 Å². The number of rotatable bonds is 4. The summed E-state index contributed by atoms with van der Waals surface area (Å²) >= 11 is 0. The lowest BCUT2D eigenvalue weighted by molar-refractivity contribution is 0.101. The molecule has 5 nitrogen and oxygen atoms in total. The molecule has 24 heavy (non-hydrogen) atoms. The third kappa shape index (κ3) is 3.15. The Morgan fingerprint density at radius 3 is 2.67 bits per heavy atom. The van der Waals surface area contributed by atoms with Crippen molar-refractivity contribution in [1.29, 1.82) is 0 Å². The predicted octanol–water partition coefficient (Wildman–Crippen LogP) is 4.22. The van der Waals surface area contributed by atoms with Crippen molar-refractivity contribution in [2.75, 3.05) is 12.4 Å². The highest BCUT2D eigenvalue weighted by Gasteiger charge is 2.16. The number of ether oxygens (including phenoxy) is 1. The van der Waals surface area contributed by atoms with Crippen molar-refractivity contribution in [1.82, 2.24) is 5.16 Å². The number of hydrogen-bond donors (Lipinski definition) is 1. The lowest BCUT2D eigenvalue weighted by Crippen LogP contribution is -2.13. The third-order valence-electron chi connectivity index (χ3n) is 3.75. The minimum absolute atomic E-state index is 0.218. The smallest absolute Gasteiger partial charge is 0.277 e. The van der Waals surface area contributed by atoms with Crippen molar-refractivity contribution in [2.24, 2.45) is 0 Å². The highest BCUT2D eigenvalue weighted by Crippen LogP contribution is 2.30. The molecule has 0 aliphatic rings. The van der Waals surface area contributed by atoms with Gasteiger partial charge in [0.15, 0.2) is 11.5 Å². The summed E-state index contributed by atoms with van der Waals surface area (Å²) in [5.74, 6) is 0.833. The van der Waals surface area contributed by atoms with Crippen LogP contribution in [0.25, 0.3) is 11.3 Å². The quantitative estimate of drug-likeness (QED) is 0.781. The van der Waals surface area contributed by atoms with Crippen LogP contribution in [0.15, 0.2) is 53.1 Å². The summed E-state index contributed by atoms with van der Waals surface area (Å²) in [4.78, 5) is 12.4. The Hall–Kier alpha value is -3.08. The van der Waals surface area contributed by atoms with Crippen molar-refractivity contribution in [3.8, 4) is 17.1 Å². The molecule has 122 valence electrons. The number of amides is 1. The zero-order valence-corrected chi connectivity index (χ0v) is 13.8. The first-order chi connectivity index (χ1) is 11.6. The van der Waals surface area contributed by atoms with Gasteiger partial charge in [0.1, 0.15) is 5.75 Å². The van der Waals surface area contributed by atoms with Crippen molar-refractivity contribution in [3.63, 3.8) is 0 Å².